The van der Waals surface area contributed by atoms with Crippen molar-refractivity contribution in [1.29, 1.82) is 0 Å². The van der Waals surface area contributed by atoms with E-state index in [1.165, 1.54) is 6.92 Å². The summed E-state index contributed by atoms with van der Waals surface area (Å²) in [5.41, 5.74) is 0.531. The third-order valence-corrected chi connectivity index (χ3v) is 8.57. The Kier molecular flexibility index (Phi) is 3.26. The lowest BCUT2D eigenvalue weighted by Gasteiger charge is -2.57. The SMILES string of the molecule is CC(=O)O[C@H]1CC[C@H]2[C@@H]3C=CC4=CC(=O)[C@@H]5C[C@@H]5[C@]4(C)[C@H]3[C@@H](F)C[C@]12C. The highest BCUT2D eigenvalue weighted by atomic mass is 19.1. The highest BCUT2D eigenvalue weighted by molar-refractivity contribution is 5.97. The second-order valence-electron chi connectivity index (χ2n) is 9.70. The van der Waals surface area contributed by atoms with Crippen molar-refractivity contribution in [1.82, 2.24) is 0 Å². The molecule has 0 N–H and O–H groups in total. The molecule has 0 aliphatic heterocycles. The van der Waals surface area contributed by atoms with E-state index in [0.717, 1.165) is 24.8 Å². The van der Waals surface area contributed by atoms with E-state index in [1.54, 1.807) is 6.08 Å². The van der Waals surface area contributed by atoms with Gasteiger partial charge in [0.2, 0.25) is 0 Å². The molecule has 0 spiro atoms. The number of carbonyl (C=O) groups is 2. The second kappa shape index (κ2) is 5.08. The molecule has 4 heteroatoms. The van der Waals surface area contributed by atoms with Gasteiger partial charge >= 0.3 is 5.97 Å². The molecule has 5 aliphatic carbocycles. The van der Waals surface area contributed by atoms with Crippen molar-refractivity contribution >= 4 is 11.8 Å². The van der Waals surface area contributed by atoms with Gasteiger partial charge in [0.25, 0.3) is 0 Å². The molecule has 5 aliphatic rings. The number of halogens is 1. The van der Waals surface area contributed by atoms with Crippen LogP contribution < -0.4 is 0 Å². The summed E-state index contributed by atoms with van der Waals surface area (Å²) in [7, 11) is 0. The summed E-state index contributed by atoms with van der Waals surface area (Å²) in [4.78, 5) is 23.7. The summed E-state index contributed by atoms with van der Waals surface area (Å²) in [6, 6.07) is 0. The summed E-state index contributed by atoms with van der Waals surface area (Å²) in [5.74, 6) is 0.842. The average Bonchev–Trinajstić information content (AvgIpc) is 3.30. The molecule has 26 heavy (non-hydrogen) atoms. The number of hydrogen-bond acceptors (Lipinski definition) is 3. The summed E-state index contributed by atoms with van der Waals surface area (Å²) < 4.78 is 21.3. The van der Waals surface area contributed by atoms with E-state index in [2.05, 4.69) is 26.0 Å². The van der Waals surface area contributed by atoms with Gasteiger partial charge in [-0.2, -0.15) is 0 Å². The Morgan fingerprint density at radius 1 is 1.27 bits per heavy atom. The van der Waals surface area contributed by atoms with Crippen molar-refractivity contribution in [2.75, 3.05) is 0 Å². The molecule has 3 fully saturated rings. The molecule has 3 nitrogen and oxygen atoms in total. The number of ketones is 1. The fourth-order valence-electron chi connectivity index (χ4n) is 7.29. The smallest absolute Gasteiger partial charge is 0.302 e. The van der Waals surface area contributed by atoms with E-state index in [0.29, 0.717) is 18.3 Å². The molecule has 3 saturated carbocycles. The number of ether oxygens (including phenoxy) is 1. The van der Waals surface area contributed by atoms with Crippen molar-refractivity contribution in [3.05, 3.63) is 23.8 Å². The van der Waals surface area contributed by atoms with Crippen LogP contribution in [0.5, 0.6) is 0 Å². The standard InChI is InChI=1S/C22H27FO3/c1-11(24)26-19-7-6-15-13-5-4-12-8-18(25)14-9-16(14)22(12,3)20(13)17(23)10-21(15,19)2/h4-5,8,13-17,19-20H,6-7,9-10H2,1-3H3/t13-,14+,15-,16-,17-,19-,20+,21-,22+/m0/s1. The molecule has 0 unspecified atom stereocenters. The summed E-state index contributed by atoms with van der Waals surface area (Å²) in [6.07, 6.45) is 8.13. The van der Waals surface area contributed by atoms with Crippen molar-refractivity contribution in [2.24, 2.45) is 40.4 Å². The van der Waals surface area contributed by atoms with E-state index in [4.69, 9.17) is 4.74 Å². The minimum Gasteiger partial charge on any atom is -0.462 e. The van der Waals surface area contributed by atoms with Gasteiger partial charge in [0.15, 0.2) is 5.78 Å². The summed E-state index contributed by atoms with van der Waals surface area (Å²) in [6.45, 7) is 5.76. The van der Waals surface area contributed by atoms with E-state index in [-0.39, 0.29) is 46.4 Å². The van der Waals surface area contributed by atoms with E-state index in [1.807, 2.05) is 0 Å². The third kappa shape index (κ3) is 1.94. The first-order valence-corrected chi connectivity index (χ1v) is 10.0. The molecule has 0 heterocycles. The first-order valence-electron chi connectivity index (χ1n) is 10.0. The Morgan fingerprint density at radius 3 is 2.77 bits per heavy atom. The first-order chi connectivity index (χ1) is 12.3. The van der Waals surface area contributed by atoms with Gasteiger partial charge in [-0.1, -0.05) is 26.0 Å². The van der Waals surface area contributed by atoms with Crippen LogP contribution in [0.25, 0.3) is 0 Å². The highest BCUT2D eigenvalue weighted by Crippen LogP contribution is 2.70. The average molecular weight is 358 g/mol. The third-order valence-electron chi connectivity index (χ3n) is 8.57. The molecule has 9 atom stereocenters. The summed E-state index contributed by atoms with van der Waals surface area (Å²) >= 11 is 0. The van der Waals surface area contributed by atoms with Crippen LogP contribution in [0.2, 0.25) is 0 Å². The molecule has 0 bridgehead atoms. The van der Waals surface area contributed by atoms with Gasteiger partial charge in [0.1, 0.15) is 12.3 Å². The van der Waals surface area contributed by atoms with Gasteiger partial charge < -0.3 is 4.74 Å². The number of allylic oxidation sites excluding steroid dienone is 4. The Hall–Kier alpha value is -1.45. The van der Waals surface area contributed by atoms with Crippen molar-refractivity contribution < 1.29 is 18.7 Å². The largest absolute Gasteiger partial charge is 0.462 e. The molecule has 0 aromatic heterocycles. The van der Waals surface area contributed by atoms with Gasteiger partial charge in [-0.25, -0.2) is 4.39 Å². The number of fused-ring (bicyclic) bond motifs is 7. The second-order valence-corrected chi connectivity index (χ2v) is 9.70. The van der Waals surface area contributed by atoms with Gasteiger partial charge in [0.05, 0.1) is 0 Å². The number of alkyl halides is 1. The van der Waals surface area contributed by atoms with Crippen molar-refractivity contribution in [3.8, 4) is 0 Å². The summed E-state index contributed by atoms with van der Waals surface area (Å²) in [5, 5.41) is 0. The van der Waals surface area contributed by atoms with Gasteiger partial charge in [-0.15, -0.1) is 0 Å². The normalized spacial score (nSPS) is 53.8. The molecule has 0 saturated heterocycles. The maximum Gasteiger partial charge on any atom is 0.302 e. The van der Waals surface area contributed by atoms with Crippen LogP contribution in [0.1, 0.15) is 46.5 Å². The molecular formula is C22H27FO3. The van der Waals surface area contributed by atoms with E-state index < -0.39 is 6.17 Å². The van der Waals surface area contributed by atoms with Crippen LogP contribution in [0.3, 0.4) is 0 Å². The van der Waals surface area contributed by atoms with Gasteiger partial charge in [-0.3, -0.25) is 9.59 Å². The van der Waals surface area contributed by atoms with Crippen LogP contribution >= 0.6 is 0 Å². The van der Waals surface area contributed by atoms with Gasteiger partial charge in [-0.05, 0) is 55.1 Å². The Balaban J connectivity index is 1.55. The fraction of sp³-hybridized carbons (Fsp3) is 0.727. The van der Waals surface area contributed by atoms with Crippen molar-refractivity contribution in [3.63, 3.8) is 0 Å². The van der Waals surface area contributed by atoms with Crippen LogP contribution in [0.4, 0.5) is 4.39 Å². The lowest BCUT2D eigenvalue weighted by atomic mass is 9.48. The minimum absolute atomic E-state index is 0.0593. The van der Waals surface area contributed by atoms with E-state index >= 15 is 4.39 Å². The van der Waals surface area contributed by atoms with Gasteiger partial charge in [0, 0.05) is 29.6 Å². The first kappa shape index (κ1) is 16.7. The zero-order chi connectivity index (χ0) is 18.4. The highest BCUT2D eigenvalue weighted by Gasteiger charge is 2.68. The maximum absolute atomic E-state index is 15.7. The topological polar surface area (TPSA) is 43.4 Å². The fourth-order valence-corrected chi connectivity index (χ4v) is 7.29. The monoisotopic (exact) mass is 358 g/mol. The predicted octanol–water partition coefficient (Wildman–Crippen LogP) is 4.03. The number of rotatable bonds is 1. The van der Waals surface area contributed by atoms with Crippen molar-refractivity contribution in [2.45, 2.75) is 58.7 Å². The molecule has 140 valence electrons. The van der Waals surface area contributed by atoms with Crippen LogP contribution in [0, 0.1) is 40.4 Å². The maximum atomic E-state index is 15.7. The number of hydrogen-bond donors (Lipinski definition) is 0. The molecule has 0 radical (unpaired) electrons. The minimum atomic E-state index is -0.926. The number of carbonyl (C=O) groups excluding carboxylic acids is 2. The molecule has 0 amide bonds. The molecule has 0 aromatic carbocycles. The van der Waals surface area contributed by atoms with Crippen LogP contribution in [-0.2, 0) is 14.3 Å². The van der Waals surface area contributed by atoms with E-state index in [9.17, 15) is 9.59 Å². The zero-order valence-corrected chi connectivity index (χ0v) is 15.7. The molecular weight excluding hydrogens is 331 g/mol. The lowest BCUT2D eigenvalue weighted by molar-refractivity contribution is -0.159. The van der Waals surface area contributed by atoms with Crippen LogP contribution in [-0.4, -0.2) is 24.0 Å². The van der Waals surface area contributed by atoms with Crippen LogP contribution in [0.15, 0.2) is 23.8 Å². The Labute approximate surface area is 154 Å². The molecule has 5 rings (SSSR count). The zero-order valence-electron chi connectivity index (χ0n) is 15.7. The number of esters is 1. The Morgan fingerprint density at radius 2 is 2.04 bits per heavy atom. The predicted molar refractivity (Wildman–Crippen MR) is 94.8 cm³/mol. The molecule has 0 aromatic rings. The lowest BCUT2D eigenvalue weighted by Crippen LogP contribution is -2.56. The Bertz CT molecular complexity index is 754. The quantitative estimate of drug-likeness (QED) is 0.665.